The van der Waals surface area contributed by atoms with E-state index in [9.17, 15) is 4.79 Å². The monoisotopic (exact) mass is 274 g/mol. The third kappa shape index (κ3) is 3.64. The van der Waals surface area contributed by atoms with Crippen LogP contribution in [0.3, 0.4) is 0 Å². The molecule has 0 radical (unpaired) electrons. The average Bonchev–Trinajstić information content (AvgIpc) is 2.86. The number of benzene rings is 1. The second kappa shape index (κ2) is 5.97. The lowest BCUT2D eigenvalue weighted by Gasteiger charge is -2.03. The molecule has 0 spiro atoms. The minimum Gasteiger partial charge on any atom is -0.346 e. The van der Waals surface area contributed by atoms with Crippen molar-refractivity contribution in [2.75, 3.05) is 0 Å². The van der Waals surface area contributed by atoms with Gasteiger partial charge in [0.1, 0.15) is 5.01 Å². The Kier molecular flexibility index (Phi) is 4.32. The Hall–Kier alpha value is -1.68. The van der Waals surface area contributed by atoms with E-state index in [4.69, 9.17) is 0 Å². The van der Waals surface area contributed by atoms with Gasteiger partial charge in [-0.05, 0) is 25.0 Å². The fraction of sp³-hybridized carbons (Fsp3) is 0.333. The van der Waals surface area contributed by atoms with Crippen LogP contribution >= 0.6 is 11.3 Å². The van der Waals surface area contributed by atoms with Crippen LogP contribution in [0.25, 0.3) is 0 Å². The number of carbonyl (C=O) groups excluding carboxylic acids is 1. The fourth-order valence-corrected chi connectivity index (χ4v) is 2.53. The number of nitrogens with zero attached hydrogens (tertiary/aromatic N) is 1. The SMILES string of the molecule is Cc1ccc(C(=O)NCc2nc(C(C)C)cs2)cc1. The Morgan fingerprint density at radius 3 is 2.58 bits per heavy atom. The second-order valence-corrected chi connectivity index (χ2v) is 5.81. The molecule has 1 N–H and O–H groups in total. The number of aryl methyl sites for hydroxylation is 1. The lowest BCUT2D eigenvalue weighted by Crippen LogP contribution is -2.22. The van der Waals surface area contributed by atoms with E-state index in [2.05, 4.69) is 29.5 Å². The summed E-state index contributed by atoms with van der Waals surface area (Å²) in [4.78, 5) is 16.4. The molecule has 1 heterocycles. The number of thiazole rings is 1. The van der Waals surface area contributed by atoms with Gasteiger partial charge in [-0.2, -0.15) is 0 Å². The van der Waals surface area contributed by atoms with Gasteiger partial charge >= 0.3 is 0 Å². The van der Waals surface area contributed by atoms with Crippen LogP contribution in [0.15, 0.2) is 29.6 Å². The molecule has 0 unspecified atom stereocenters. The van der Waals surface area contributed by atoms with Crippen LogP contribution in [-0.4, -0.2) is 10.9 Å². The molecule has 0 bridgehead atoms. The van der Waals surface area contributed by atoms with Crippen LogP contribution in [0.4, 0.5) is 0 Å². The highest BCUT2D eigenvalue weighted by molar-refractivity contribution is 7.09. The van der Waals surface area contributed by atoms with Crippen LogP contribution in [0.1, 0.15) is 46.4 Å². The van der Waals surface area contributed by atoms with Crippen molar-refractivity contribution in [2.24, 2.45) is 0 Å². The Morgan fingerprint density at radius 2 is 2.00 bits per heavy atom. The maximum absolute atomic E-state index is 11.9. The first-order valence-electron chi connectivity index (χ1n) is 6.35. The summed E-state index contributed by atoms with van der Waals surface area (Å²) in [5, 5.41) is 5.90. The van der Waals surface area contributed by atoms with Gasteiger partial charge in [0.2, 0.25) is 0 Å². The predicted molar refractivity (Wildman–Crippen MR) is 78.6 cm³/mol. The lowest BCUT2D eigenvalue weighted by molar-refractivity contribution is 0.0951. The molecule has 2 aromatic rings. The summed E-state index contributed by atoms with van der Waals surface area (Å²) in [6.45, 7) is 6.72. The average molecular weight is 274 g/mol. The molecule has 0 aliphatic heterocycles. The predicted octanol–water partition coefficient (Wildman–Crippen LogP) is 3.50. The molecule has 0 aliphatic carbocycles. The Labute approximate surface area is 117 Å². The smallest absolute Gasteiger partial charge is 0.251 e. The van der Waals surface area contributed by atoms with Gasteiger partial charge in [0.05, 0.1) is 12.2 Å². The van der Waals surface area contributed by atoms with E-state index < -0.39 is 0 Å². The highest BCUT2D eigenvalue weighted by Crippen LogP contribution is 2.17. The molecular weight excluding hydrogens is 256 g/mol. The number of rotatable bonds is 4. The Bertz CT molecular complexity index is 558. The van der Waals surface area contributed by atoms with Gasteiger partial charge in [-0.25, -0.2) is 4.98 Å². The zero-order chi connectivity index (χ0) is 13.8. The van der Waals surface area contributed by atoms with E-state index in [-0.39, 0.29) is 5.91 Å². The van der Waals surface area contributed by atoms with Gasteiger partial charge in [-0.15, -0.1) is 11.3 Å². The minimum absolute atomic E-state index is 0.0544. The number of hydrogen-bond donors (Lipinski definition) is 1. The number of amides is 1. The Morgan fingerprint density at radius 1 is 1.32 bits per heavy atom. The normalized spacial score (nSPS) is 10.7. The number of nitrogens with one attached hydrogen (secondary N) is 1. The van der Waals surface area contributed by atoms with Crippen molar-refractivity contribution in [2.45, 2.75) is 33.2 Å². The summed E-state index contributed by atoms with van der Waals surface area (Å²) in [5.41, 5.74) is 2.92. The zero-order valence-electron chi connectivity index (χ0n) is 11.4. The topological polar surface area (TPSA) is 42.0 Å². The van der Waals surface area contributed by atoms with Crippen molar-refractivity contribution in [3.8, 4) is 0 Å². The fourth-order valence-electron chi connectivity index (χ4n) is 1.63. The largest absolute Gasteiger partial charge is 0.346 e. The van der Waals surface area contributed by atoms with Crippen LogP contribution in [-0.2, 0) is 6.54 Å². The molecule has 4 heteroatoms. The quantitative estimate of drug-likeness (QED) is 0.927. The summed E-state index contributed by atoms with van der Waals surface area (Å²) >= 11 is 1.59. The molecule has 3 nitrogen and oxygen atoms in total. The lowest BCUT2D eigenvalue weighted by atomic mass is 10.1. The first kappa shape index (κ1) is 13.7. The van der Waals surface area contributed by atoms with Gasteiger partial charge in [0.15, 0.2) is 0 Å². The summed E-state index contributed by atoms with van der Waals surface area (Å²) < 4.78 is 0. The van der Waals surface area contributed by atoms with Crippen LogP contribution in [0.5, 0.6) is 0 Å². The van der Waals surface area contributed by atoms with Crippen molar-refractivity contribution in [1.29, 1.82) is 0 Å². The maximum Gasteiger partial charge on any atom is 0.251 e. The van der Waals surface area contributed by atoms with Gasteiger partial charge in [0.25, 0.3) is 5.91 Å². The first-order valence-corrected chi connectivity index (χ1v) is 7.23. The van der Waals surface area contributed by atoms with Crippen molar-refractivity contribution in [3.63, 3.8) is 0 Å². The molecule has 1 amide bonds. The maximum atomic E-state index is 11.9. The molecule has 19 heavy (non-hydrogen) atoms. The highest BCUT2D eigenvalue weighted by atomic mass is 32.1. The third-order valence-electron chi connectivity index (χ3n) is 2.87. The molecule has 0 saturated carbocycles. The summed E-state index contributed by atoms with van der Waals surface area (Å²) in [6, 6.07) is 7.56. The first-order chi connectivity index (χ1) is 9.06. The molecule has 0 aliphatic rings. The molecule has 1 aromatic carbocycles. The highest BCUT2D eigenvalue weighted by Gasteiger charge is 2.08. The van der Waals surface area contributed by atoms with Crippen molar-refractivity contribution < 1.29 is 4.79 Å². The van der Waals surface area contributed by atoms with E-state index >= 15 is 0 Å². The van der Waals surface area contributed by atoms with Gasteiger partial charge < -0.3 is 5.32 Å². The summed E-state index contributed by atoms with van der Waals surface area (Å²) in [7, 11) is 0. The molecule has 2 rings (SSSR count). The van der Waals surface area contributed by atoms with Crippen molar-refractivity contribution >= 4 is 17.2 Å². The standard InChI is InChI=1S/C15H18N2OS/c1-10(2)13-9-19-14(17-13)8-16-15(18)12-6-4-11(3)5-7-12/h4-7,9-10H,8H2,1-3H3,(H,16,18). The summed E-state index contributed by atoms with van der Waals surface area (Å²) in [5.74, 6) is 0.374. The van der Waals surface area contributed by atoms with Crippen molar-refractivity contribution in [3.05, 3.63) is 51.5 Å². The number of hydrogen-bond acceptors (Lipinski definition) is 3. The zero-order valence-corrected chi connectivity index (χ0v) is 12.3. The van der Waals surface area contributed by atoms with Gasteiger partial charge in [-0.3, -0.25) is 4.79 Å². The van der Waals surface area contributed by atoms with Crippen molar-refractivity contribution in [1.82, 2.24) is 10.3 Å². The number of carbonyl (C=O) groups is 1. The van der Waals surface area contributed by atoms with E-state index in [0.717, 1.165) is 16.3 Å². The third-order valence-corrected chi connectivity index (χ3v) is 3.74. The van der Waals surface area contributed by atoms with Crippen LogP contribution in [0, 0.1) is 6.92 Å². The molecule has 0 saturated heterocycles. The molecule has 0 fully saturated rings. The van der Waals surface area contributed by atoms with Gasteiger partial charge in [-0.1, -0.05) is 31.5 Å². The van der Waals surface area contributed by atoms with E-state index in [0.29, 0.717) is 18.0 Å². The van der Waals surface area contributed by atoms with Gasteiger partial charge in [0, 0.05) is 10.9 Å². The summed E-state index contributed by atoms with van der Waals surface area (Å²) in [6.07, 6.45) is 0. The molecule has 0 atom stereocenters. The molecule has 1 aromatic heterocycles. The molecule has 100 valence electrons. The molecular formula is C15H18N2OS. The second-order valence-electron chi connectivity index (χ2n) is 4.87. The van der Waals surface area contributed by atoms with E-state index in [1.54, 1.807) is 11.3 Å². The number of aromatic nitrogens is 1. The minimum atomic E-state index is -0.0544. The van der Waals surface area contributed by atoms with E-state index in [1.807, 2.05) is 31.2 Å². The van der Waals surface area contributed by atoms with Crippen LogP contribution < -0.4 is 5.32 Å². The van der Waals surface area contributed by atoms with Crippen LogP contribution in [0.2, 0.25) is 0 Å². The van der Waals surface area contributed by atoms with E-state index in [1.165, 1.54) is 0 Å². The Balaban J connectivity index is 1.94.